The number of amides is 1. The molecule has 0 aromatic rings. The smallest absolute Gasteiger partial charge is 0.223 e. The van der Waals surface area contributed by atoms with Crippen LogP contribution in [-0.4, -0.2) is 30.2 Å². The molecule has 104 valence electrons. The molecule has 0 bridgehead atoms. The summed E-state index contributed by atoms with van der Waals surface area (Å²) >= 11 is 0. The van der Waals surface area contributed by atoms with Crippen LogP contribution in [0, 0.1) is 17.8 Å². The molecule has 0 aliphatic heterocycles. The topological polar surface area (TPSA) is 75.4 Å². The maximum atomic E-state index is 12.0. The third-order valence-corrected chi connectivity index (χ3v) is 4.73. The molecule has 2 aliphatic rings. The summed E-state index contributed by atoms with van der Waals surface area (Å²) in [6.07, 6.45) is 7.24. The van der Waals surface area contributed by atoms with Crippen LogP contribution in [0.5, 0.6) is 0 Å². The number of aliphatic hydroxyl groups is 1. The summed E-state index contributed by atoms with van der Waals surface area (Å²) in [6, 6.07) is 0.294. The highest BCUT2D eigenvalue weighted by Crippen LogP contribution is 2.31. The third kappa shape index (κ3) is 3.45. The minimum atomic E-state index is 0.166. The molecular weight excluding hydrogens is 228 g/mol. The zero-order chi connectivity index (χ0) is 13.0. The van der Waals surface area contributed by atoms with Crippen molar-refractivity contribution in [1.82, 2.24) is 5.32 Å². The molecule has 0 spiro atoms. The highest BCUT2D eigenvalue weighted by atomic mass is 16.3. The Morgan fingerprint density at radius 3 is 2.44 bits per heavy atom. The third-order valence-electron chi connectivity index (χ3n) is 4.73. The van der Waals surface area contributed by atoms with Crippen LogP contribution < -0.4 is 11.1 Å². The first-order chi connectivity index (χ1) is 8.70. The van der Waals surface area contributed by atoms with Crippen LogP contribution >= 0.6 is 0 Å². The Hall–Kier alpha value is -0.610. The summed E-state index contributed by atoms with van der Waals surface area (Å²) in [5, 5.41) is 12.3. The van der Waals surface area contributed by atoms with Crippen LogP contribution in [0.15, 0.2) is 0 Å². The fraction of sp³-hybridized carbons (Fsp3) is 0.929. The summed E-state index contributed by atoms with van der Waals surface area (Å²) in [5.74, 6) is 1.24. The molecule has 18 heavy (non-hydrogen) atoms. The summed E-state index contributed by atoms with van der Waals surface area (Å²) < 4.78 is 0. The molecule has 4 N–H and O–H groups in total. The Morgan fingerprint density at radius 1 is 1.11 bits per heavy atom. The van der Waals surface area contributed by atoms with Crippen molar-refractivity contribution < 1.29 is 9.90 Å². The minimum Gasteiger partial charge on any atom is -0.396 e. The van der Waals surface area contributed by atoms with Crippen molar-refractivity contribution in [3.63, 3.8) is 0 Å². The molecule has 0 aromatic heterocycles. The molecule has 2 unspecified atom stereocenters. The van der Waals surface area contributed by atoms with Gasteiger partial charge in [-0.15, -0.1) is 0 Å². The SMILES string of the molecule is NC1CCC(C(=O)NCC2CCCC2CO)CC1. The predicted octanol–water partition coefficient (Wildman–Crippen LogP) is 1.03. The molecule has 2 rings (SSSR count). The summed E-state index contributed by atoms with van der Waals surface area (Å²) in [7, 11) is 0. The number of carbonyl (C=O) groups excluding carboxylic acids is 1. The van der Waals surface area contributed by atoms with Crippen molar-refractivity contribution >= 4 is 5.91 Å². The van der Waals surface area contributed by atoms with Gasteiger partial charge >= 0.3 is 0 Å². The van der Waals surface area contributed by atoms with Crippen molar-refractivity contribution in [3.8, 4) is 0 Å². The fourth-order valence-electron chi connectivity index (χ4n) is 3.38. The van der Waals surface area contributed by atoms with E-state index in [1.54, 1.807) is 0 Å². The van der Waals surface area contributed by atoms with Crippen LogP contribution in [-0.2, 0) is 4.79 Å². The summed E-state index contributed by atoms with van der Waals surface area (Å²) in [6.45, 7) is 1.01. The first-order valence-corrected chi connectivity index (χ1v) is 7.35. The van der Waals surface area contributed by atoms with Gasteiger partial charge in [-0.1, -0.05) is 6.42 Å². The molecule has 0 saturated heterocycles. The number of nitrogens with one attached hydrogen (secondary N) is 1. The van der Waals surface area contributed by atoms with E-state index in [9.17, 15) is 9.90 Å². The molecule has 4 nitrogen and oxygen atoms in total. The number of hydrogen-bond acceptors (Lipinski definition) is 3. The van der Waals surface area contributed by atoms with Crippen molar-refractivity contribution in [2.24, 2.45) is 23.5 Å². The molecule has 0 radical (unpaired) electrons. The summed E-state index contributed by atoms with van der Waals surface area (Å²) in [5.41, 5.74) is 5.85. The molecule has 1 amide bonds. The predicted molar refractivity (Wildman–Crippen MR) is 70.9 cm³/mol. The largest absolute Gasteiger partial charge is 0.396 e. The van der Waals surface area contributed by atoms with Crippen LogP contribution in [0.25, 0.3) is 0 Å². The average molecular weight is 254 g/mol. The van der Waals surface area contributed by atoms with Gasteiger partial charge in [0.15, 0.2) is 0 Å². The normalized spacial score (nSPS) is 36.6. The maximum Gasteiger partial charge on any atom is 0.223 e. The molecule has 2 aliphatic carbocycles. The van der Waals surface area contributed by atoms with Crippen molar-refractivity contribution in [3.05, 3.63) is 0 Å². The van der Waals surface area contributed by atoms with Crippen LogP contribution in [0.1, 0.15) is 44.9 Å². The lowest BCUT2D eigenvalue weighted by molar-refractivity contribution is -0.126. The second kappa shape index (κ2) is 6.53. The number of hydrogen-bond donors (Lipinski definition) is 3. The second-order valence-corrected chi connectivity index (χ2v) is 5.99. The fourth-order valence-corrected chi connectivity index (χ4v) is 3.38. The molecule has 2 atom stereocenters. The van der Waals surface area contributed by atoms with Gasteiger partial charge < -0.3 is 16.2 Å². The van der Waals surface area contributed by atoms with Gasteiger partial charge in [0.1, 0.15) is 0 Å². The number of rotatable bonds is 4. The van der Waals surface area contributed by atoms with Gasteiger partial charge in [-0.25, -0.2) is 0 Å². The van der Waals surface area contributed by atoms with E-state index in [0.717, 1.165) is 45.1 Å². The minimum absolute atomic E-state index is 0.166. The van der Waals surface area contributed by atoms with E-state index in [0.29, 0.717) is 17.9 Å². The Morgan fingerprint density at radius 2 is 1.78 bits per heavy atom. The van der Waals surface area contributed by atoms with E-state index in [-0.39, 0.29) is 18.4 Å². The van der Waals surface area contributed by atoms with Crippen LogP contribution in [0.2, 0.25) is 0 Å². The van der Waals surface area contributed by atoms with Gasteiger partial charge in [-0.05, 0) is 50.4 Å². The Bertz CT molecular complexity index is 275. The van der Waals surface area contributed by atoms with Gasteiger partial charge in [0.2, 0.25) is 5.91 Å². The average Bonchev–Trinajstić information content (AvgIpc) is 2.84. The van der Waals surface area contributed by atoms with E-state index in [4.69, 9.17) is 5.73 Å². The first kappa shape index (κ1) is 13.8. The van der Waals surface area contributed by atoms with Gasteiger partial charge in [0, 0.05) is 25.1 Å². The lowest BCUT2D eigenvalue weighted by Gasteiger charge is -2.26. The second-order valence-electron chi connectivity index (χ2n) is 5.99. The van der Waals surface area contributed by atoms with Gasteiger partial charge in [-0.3, -0.25) is 4.79 Å². The van der Waals surface area contributed by atoms with E-state index >= 15 is 0 Å². The molecule has 0 aromatic carbocycles. The Labute approximate surface area is 109 Å². The van der Waals surface area contributed by atoms with E-state index < -0.39 is 0 Å². The molecular formula is C14H26N2O2. The number of aliphatic hydroxyl groups excluding tert-OH is 1. The Balaban J connectivity index is 1.71. The zero-order valence-electron chi connectivity index (χ0n) is 11.1. The zero-order valence-corrected chi connectivity index (χ0v) is 11.1. The quantitative estimate of drug-likeness (QED) is 0.701. The highest BCUT2D eigenvalue weighted by Gasteiger charge is 2.29. The van der Waals surface area contributed by atoms with Crippen LogP contribution in [0.4, 0.5) is 0 Å². The molecule has 0 heterocycles. The number of carbonyl (C=O) groups is 1. The molecule has 2 fully saturated rings. The maximum absolute atomic E-state index is 12.0. The standard InChI is InChI=1S/C14H26N2O2/c15-13-6-4-10(5-7-13)14(18)16-8-11-2-1-3-12(11)9-17/h10-13,17H,1-9,15H2,(H,16,18). The Kier molecular flexibility index (Phi) is 5.01. The molecule has 4 heteroatoms. The van der Waals surface area contributed by atoms with Crippen molar-refractivity contribution in [2.75, 3.05) is 13.2 Å². The lowest BCUT2D eigenvalue weighted by Crippen LogP contribution is -2.39. The van der Waals surface area contributed by atoms with E-state index in [1.807, 2.05) is 0 Å². The monoisotopic (exact) mass is 254 g/mol. The van der Waals surface area contributed by atoms with E-state index in [1.165, 1.54) is 6.42 Å². The van der Waals surface area contributed by atoms with Gasteiger partial charge in [0.25, 0.3) is 0 Å². The highest BCUT2D eigenvalue weighted by molar-refractivity contribution is 5.78. The molecule has 2 saturated carbocycles. The lowest BCUT2D eigenvalue weighted by atomic mass is 9.85. The van der Waals surface area contributed by atoms with E-state index in [2.05, 4.69) is 5.32 Å². The van der Waals surface area contributed by atoms with Crippen LogP contribution in [0.3, 0.4) is 0 Å². The first-order valence-electron chi connectivity index (χ1n) is 7.35. The van der Waals surface area contributed by atoms with Gasteiger partial charge in [-0.2, -0.15) is 0 Å². The van der Waals surface area contributed by atoms with Crippen molar-refractivity contribution in [1.29, 1.82) is 0 Å². The van der Waals surface area contributed by atoms with Crippen molar-refractivity contribution in [2.45, 2.75) is 51.0 Å². The van der Waals surface area contributed by atoms with Gasteiger partial charge in [0.05, 0.1) is 0 Å². The number of nitrogens with two attached hydrogens (primary N) is 1. The summed E-state index contributed by atoms with van der Waals surface area (Å²) in [4.78, 5) is 12.0.